The van der Waals surface area contributed by atoms with E-state index in [4.69, 9.17) is 4.42 Å². The molecule has 2 heterocycles. The molecule has 3 aromatic carbocycles. The van der Waals surface area contributed by atoms with Gasteiger partial charge in [-0.1, -0.05) is 63.7 Å². The summed E-state index contributed by atoms with van der Waals surface area (Å²) in [5, 5.41) is 3.30. The highest BCUT2D eigenvalue weighted by atomic mass is 32.1. The third-order valence-electron chi connectivity index (χ3n) is 5.29. The van der Waals surface area contributed by atoms with Crippen molar-refractivity contribution >= 4 is 50.9 Å². The lowest BCUT2D eigenvalue weighted by Crippen LogP contribution is -2.12. The maximum Gasteiger partial charge on any atom is 0.344 e. The van der Waals surface area contributed by atoms with Crippen LogP contribution in [0.5, 0.6) is 0 Å². The van der Waals surface area contributed by atoms with E-state index in [0.717, 1.165) is 38.3 Å². The zero-order valence-electron chi connectivity index (χ0n) is 15.9. The number of hydrogen-bond donors (Lipinski definition) is 0. The highest BCUT2D eigenvalue weighted by molar-refractivity contribution is 7.00. The topological polar surface area (TPSA) is 56.0 Å². The number of nitrogens with zero attached hydrogens (tertiary/aromatic N) is 2. The molecule has 5 aromatic rings. The molecule has 0 bridgehead atoms. The normalized spacial score (nSPS) is 12.4. The predicted octanol–water partition coefficient (Wildman–Crippen LogP) is 5.04. The zero-order chi connectivity index (χ0) is 19.6. The number of benzene rings is 3. The Balaban J connectivity index is 1.92. The van der Waals surface area contributed by atoms with Gasteiger partial charge < -0.3 is 4.42 Å². The fourth-order valence-electron chi connectivity index (χ4n) is 3.95. The van der Waals surface area contributed by atoms with Crippen LogP contribution in [-0.4, -0.2) is 8.75 Å². The Bertz CT molecular complexity index is 1460. The van der Waals surface area contributed by atoms with Crippen LogP contribution in [0.4, 0.5) is 0 Å². The fourth-order valence-corrected chi connectivity index (χ4v) is 4.53. The van der Waals surface area contributed by atoms with E-state index in [9.17, 15) is 4.79 Å². The van der Waals surface area contributed by atoms with Gasteiger partial charge in [-0.15, -0.1) is 0 Å². The average molecular weight is 386 g/mol. The molecule has 0 radical (unpaired) electrons. The molecule has 0 N–H and O–H groups in total. The minimum Gasteiger partial charge on any atom is -0.423 e. The first-order chi connectivity index (χ1) is 13.4. The van der Waals surface area contributed by atoms with Gasteiger partial charge in [0.1, 0.15) is 16.4 Å². The van der Waals surface area contributed by atoms with Crippen LogP contribution in [0.25, 0.3) is 50.3 Å². The van der Waals surface area contributed by atoms with E-state index in [1.54, 1.807) is 0 Å². The van der Waals surface area contributed by atoms with Gasteiger partial charge in [-0.25, -0.2) is 4.79 Å². The molecule has 0 aliphatic carbocycles. The van der Waals surface area contributed by atoms with Gasteiger partial charge >= 0.3 is 5.63 Å². The largest absolute Gasteiger partial charge is 0.423 e. The number of aromatic nitrogens is 2. The van der Waals surface area contributed by atoms with Crippen LogP contribution in [0, 0.1) is 0 Å². The molecule has 5 rings (SSSR count). The van der Waals surface area contributed by atoms with Crippen molar-refractivity contribution in [2.24, 2.45) is 0 Å². The lowest BCUT2D eigenvalue weighted by atomic mass is 9.84. The van der Waals surface area contributed by atoms with Crippen LogP contribution in [-0.2, 0) is 5.41 Å². The molecular weight excluding hydrogens is 368 g/mol. The minimum absolute atomic E-state index is 0.0199. The molecule has 0 aliphatic heterocycles. The Kier molecular flexibility index (Phi) is 3.49. The number of rotatable bonds is 1. The summed E-state index contributed by atoms with van der Waals surface area (Å²) in [4.78, 5) is 12.4. The molecular formula is C23H18N2O2S. The number of fused-ring (bicyclic) bond motifs is 1. The van der Waals surface area contributed by atoms with Crippen LogP contribution in [0.1, 0.15) is 26.3 Å². The Labute approximate surface area is 165 Å². The van der Waals surface area contributed by atoms with E-state index in [0.29, 0.717) is 10.8 Å². The van der Waals surface area contributed by atoms with Crippen molar-refractivity contribution < 1.29 is 4.42 Å². The summed E-state index contributed by atoms with van der Waals surface area (Å²) < 4.78 is 14.5. The SMILES string of the molecule is C=c1oc(=O)c2ccc(-c3ccc(C(C)(C)C)c4nsnc34)c3cccc1c32. The van der Waals surface area contributed by atoms with E-state index in [2.05, 4.69) is 48.2 Å². The fraction of sp³-hybridized carbons (Fsp3) is 0.174. The Morgan fingerprint density at radius 2 is 1.61 bits per heavy atom. The van der Waals surface area contributed by atoms with Crippen molar-refractivity contribution in [1.82, 2.24) is 8.75 Å². The first-order valence-corrected chi connectivity index (χ1v) is 9.82. The molecule has 0 atom stereocenters. The van der Waals surface area contributed by atoms with E-state index in [1.165, 1.54) is 17.3 Å². The third kappa shape index (κ3) is 2.33. The predicted molar refractivity (Wildman–Crippen MR) is 116 cm³/mol. The minimum atomic E-state index is -0.358. The molecule has 0 spiro atoms. The second kappa shape index (κ2) is 5.72. The van der Waals surface area contributed by atoms with Crippen LogP contribution >= 0.6 is 11.7 Å². The molecule has 138 valence electrons. The summed E-state index contributed by atoms with van der Waals surface area (Å²) in [5.74, 6) is 0. The lowest BCUT2D eigenvalue weighted by molar-refractivity contribution is 0.494. The van der Waals surface area contributed by atoms with Crippen LogP contribution < -0.4 is 11.0 Å². The Hall–Kier alpha value is -3.05. The van der Waals surface area contributed by atoms with Crippen molar-refractivity contribution in [3.63, 3.8) is 0 Å². The van der Waals surface area contributed by atoms with Crippen LogP contribution in [0.2, 0.25) is 0 Å². The van der Waals surface area contributed by atoms with E-state index in [1.807, 2.05) is 30.3 Å². The standard InChI is InChI=1S/C23H18N2O2S/c1-12-13-6-5-7-15-14(8-9-17(19(13)15)22(26)27-12)16-10-11-18(23(2,3)4)21-20(16)24-28-25-21/h5-11H,1H2,2-4H3. The average Bonchev–Trinajstić information content (AvgIpc) is 3.14. The summed E-state index contributed by atoms with van der Waals surface area (Å²) in [6.07, 6.45) is 0. The molecule has 28 heavy (non-hydrogen) atoms. The molecule has 0 unspecified atom stereocenters. The van der Waals surface area contributed by atoms with E-state index < -0.39 is 0 Å². The van der Waals surface area contributed by atoms with Gasteiger partial charge in [0.05, 0.1) is 17.1 Å². The van der Waals surface area contributed by atoms with Gasteiger partial charge in [-0.3, -0.25) is 0 Å². The molecule has 0 amide bonds. The van der Waals surface area contributed by atoms with Crippen molar-refractivity contribution in [1.29, 1.82) is 0 Å². The van der Waals surface area contributed by atoms with Gasteiger partial charge in [0.2, 0.25) is 0 Å². The quantitative estimate of drug-likeness (QED) is 0.405. The first-order valence-electron chi connectivity index (χ1n) is 9.09. The summed E-state index contributed by atoms with van der Waals surface area (Å²) in [7, 11) is 0. The van der Waals surface area contributed by atoms with Gasteiger partial charge in [-0.2, -0.15) is 8.75 Å². The first kappa shape index (κ1) is 17.1. The van der Waals surface area contributed by atoms with Gasteiger partial charge in [0.15, 0.2) is 0 Å². The van der Waals surface area contributed by atoms with Gasteiger partial charge in [-0.05, 0) is 28.0 Å². The van der Waals surface area contributed by atoms with Crippen molar-refractivity contribution in [2.45, 2.75) is 26.2 Å². The zero-order valence-corrected chi connectivity index (χ0v) is 16.7. The second-order valence-electron chi connectivity index (χ2n) is 8.07. The molecule has 0 aliphatic rings. The van der Waals surface area contributed by atoms with E-state index in [-0.39, 0.29) is 11.0 Å². The highest BCUT2D eigenvalue weighted by Crippen LogP contribution is 2.38. The van der Waals surface area contributed by atoms with Crippen LogP contribution in [0.3, 0.4) is 0 Å². The number of hydrogen-bond acceptors (Lipinski definition) is 5. The molecule has 0 fully saturated rings. The maximum absolute atomic E-state index is 12.4. The van der Waals surface area contributed by atoms with Crippen molar-refractivity contribution in [2.75, 3.05) is 0 Å². The van der Waals surface area contributed by atoms with Gasteiger partial charge in [0.25, 0.3) is 0 Å². The Morgan fingerprint density at radius 3 is 2.39 bits per heavy atom. The molecule has 0 saturated carbocycles. The maximum atomic E-state index is 12.4. The summed E-state index contributed by atoms with van der Waals surface area (Å²) in [6.45, 7) is 10.5. The van der Waals surface area contributed by atoms with Crippen LogP contribution in [0.15, 0.2) is 51.7 Å². The second-order valence-corrected chi connectivity index (χ2v) is 8.60. The van der Waals surface area contributed by atoms with Crippen molar-refractivity contribution in [3.8, 4) is 11.1 Å². The van der Waals surface area contributed by atoms with Gasteiger partial charge in [0, 0.05) is 16.3 Å². The molecule has 5 heteroatoms. The lowest BCUT2D eigenvalue weighted by Gasteiger charge is -2.20. The third-order valence-corrected chi connectivity index (χ3v) is 5.82. The summed E-state index contributed by atoms with van der Waals surface area (Å²) in [6, 6.07) is 14.0. The molecule has 4 nitrogen and oxygen atoms in total. The van der Waals surface area contributed by atoms with E-state index >= 15 is 0 Å². The summed E-state index contributed by atoms with van der Waals surface area (Å²) >= 11 is 1.23. The molecule has 2 aromatic heterocycles. The Morgan fingerprint density at radius 1 is 0.893 bits per heavy atom. The summed E-state index contributed by atoms with van der Waals surface area (Å²) in [5.41, 5.74) is 5.08. The molecule has 0 saturated heterocycles. The van der Waals surface area contributed by atoms with Crippen molar-refractivity contribution in [3.05, 3.63) is 63.9 Å². The highest BCUT2D eigenvalue weighted by Gasteiger charge is 2.22. The monoisotopic (exact) mass is 386 g/mol. The smallest absolute Gasteiger partial charge is 0.344 e.